The molecular formula is C14H21N3O. The van der Waals surface area contributed by atoms with Gasteiger partial charge in [0.15, 0.2) is 0 Å². The molecule has 0 aliphatic heterocycles. The highest BCUT2D eigenvalue weighted by Crippen LogP contribution is 2.21. The molecule has 0 unspecified atom stereocenters. The number of nitrogens with one attached hydrogen (secondary N) is 1. The zero-order valence-corrected chi connectivity index (χ0v) is 11.4. The molecular weight excluding hydrogens is 226 g/mol. The smallest absolute Gasteiger partial charge is 0.148 e. The third-order valence-electron chi connectivity index (χ3n) is 3.33. The molecule has 1 aromatic heterocycles. The van der Waals surface area contributed by atoms with Crippen molar-refractivity contribution in [1.82, 2.24) is 10.2 Å². The Morgan fingerprint density at radius 2 is 1.83 bits per heavy atom. The second-order valence-electron chi connectivity index (χ2n) is 6.01. The number of ketones is 1. The molecule has 1 aromatic rings. The topological polar surface area (TPSA) is 54.9 Å². The van der Waals surface area contributed by atoms with E-state index >= 15 is 0 Å². The van der Waals surface area contributed by atoms with E-state index in [1.807, 2.05) is 12.1 Å². The molecule has 1 heterocycles. The van der Waals surface area contributed by atoms with E-state index in [-0.39, 0.29) is 5.41 Å². The molecule has 0 radical (unpaired) electrons. The van der Waals surface area contributed by atoms with Crippen LogP contribution in [0.3, 0.4) is 0 Å². The van der Waals surface area contributed by atoms with Crippen LogP contribution < -0.4 is 5.32 Å². The van der Waals surface area contributed by atoms with Crippen molar-refractivity contribution in [3.8, 4) is 0 Å². The summed E-state index contributed by atoms with van der Waals surface area (Å²) >= 11 is 0. The fourth-order valence-corrected chi connectivity index (χ4v) is 2.10. The van der Waals surface area contributed by atoms with Crippen LogP contribution in [0.15, 0.2) is 12.1 Å². The summed E-state index contributed by atoms with van der Waals surface area (Å²) < 4.78 is 0. The highest BCUT2D eigenvalue weighted by molar-refractivity contribution is 5.79. The van der Waals surface area contributed by atoms with E-state index in [1.54, 1.807) is 0 Å². The predicted octanol–water partition coefficient (Wildman–Crippen LogP) is 2.70. The van der Waals surface area contributed by atoms with Crippen molar-refractivity contribution in [2.24, 2.45) is 0 Å². The van der Waals surface area contributed by atoms with E-state index in [0.717, 1.165) is 24.4 Å². The maximum atomic E-state index is 11.2. The molecule has 1 fully saturated rings. The van der Waals surface area contributed by atoms with Crippen molar-refractivity contribution in [2.45, 2.75) is 57.9 Å². The van der Waals surface area contributed by atoms with Gasteiger partial charge in [-0.25, -0.2) is 0 Å². The van der Waals surface area contributed by atoms with Gasteiger partial charge in [-0.2, -0.15) is 5.10 Å². The van der Waals surface area contributed by atoms with Gasteiger partial charge in [0.2, 0.25) is 0 Å². The van der Waals surface area contributed by atoms with Crippen LogP contribution >= 0.6 is 0 Å². The number of hydrogen-bond acceptors (Lipinski definition) is 4. The van der Waals surface area contributed by atoms with E-state index in [4.69, 9.17) is 0 Å². The molecule has 0 spiro atoms. The Morgan fingerprint density at radius 3 is 2.33 bits per heavy atom. The molecule has 1 aliphatic carbocycles. The van der Waals surface area contributed by atoms with Crippen LogP contribution in [0.4, 0.5) is 5.82 Å². The molecule has 98 valence electrons. The molecule has 0 bridgehead atoms. The number of anilines is 1. The Kier molecular flexibility index (Phi) is 3.64. The Morgan fingerprint density at radius 1 is 1.17 bits per heavy atom. The van der Waals surface area contributed by atoms with E-state index < -0.39 is 0 Å². The molecule has 18 heavy (non-hydrogen) atoms. The van der Waals surface area contributed by atoms with Gasteiger partial charge in [0.05, 0.1) is 5.69 Å². The second kappa shape index (κ2) is 5.04. The molecule has 0 aromatic carbocycles. The first-order chi connectivity index (χ1) is 8.45. The minimum absolute atomic E-state index is 0.0305. The number of carbonyl (C=O) groups is 1. The first-order valence-electron chi connectivity index (χ1n) is 6.57. The number of hydrogen-bond donors (Lipinski definition) is 1. The quantitative estimate of drug-likeness (QED) is 0.873. The minimum atomic E-state index is 0.0305. The zero-order valence-electron chi connectivity index (χ0n) is 11.4. The summed E-state index contributed by atoms with van der Waals surface area (Å²) in [5.41, 5.74) is 1.02. The lowest BCUT2D eigenvalue weighted by molar-refractivity contribution is -0.120. The number of carbonyl (C=O) groups excluding carboxylic acids is 1. The highest BCUT2D eigenvalue weighted by Gasteiger charge is 2.19. The van der Waals surface area contributed by atoms with Crippen LogP contribution in [0.25, 0.3) is 0 Å². The molecule has 2 rings (SSSR count). The van der Waals surface area contributed by atoms with Crippen molar-refractivity contribution < 1.29 is 4.79 Å². The van der Waals surface area contributed by atoms with Gasteiger partial charge in [-0.15, -0.1) is 5.10 Å². The van der Waals surface area contributed by atoms with Gasteiger partial charge in [0.25, 0.3) is 0 Å². The Labute approximate surface area is 108 Å². The predicted molar refractivity (Wildman–Crippen MR) is 71.6 cm³/mol. The van der Waals surface area contributed by atoms with Crippen LogP contribution in [-0.4, -0.2) is 22.0 Å². The fourth-order valence-electron chi connectivity index (χ4n) is 2.10. The molecule has 0 atom stereocenters. The number of aromatic nitrogens is 2. The van der Waals surface area contributed by atoms with E-state index in [1.165, 1.54) is 0 Å². The summed E-state index contributed by atoms with van der Waals surface area (Å²) in [7, 11) is 0. The van der Waals surface area contributed by atoms with Gasteiger partial charge in [0, 0.05) is 24.3 Å². The number of nitrogens with zero attached hydrogens (tertiary/aromatic N) is 2. The normalized spacial score (nSPS) is 17.8. The van der Waals surface area contributed by atoms with Gasteiger partial charge < -0.3 is 5.32 Å². The fraction of sp³-hybridized carbons (Fsp3) is 0.643. The first kappa shape index (κ1) is 13.0. The molecule has 0 saturated heterocycles. The monoisotopic (exact) mass is 247 g/mol. The van der Waals surface area contributed by atoms with Gasteiger partial charge in [0.1, 0.15) is 11.6 Å². The standard InChI is InChI=1S/C14H21N3O/c1-14(2,3)12-8-9-13(17-16-12)15-10-4-6-11(18)7-5-10/h8-10H,4-7H2,1-3H3,(H,15,17). The zero-order chi connectivity index (χ0) is 13.2. The SMILES string of the molecule is CC(C)(C)c1ccc(NC2CCC(=O)CC2)nn1. The molecule has 1 N–H and O–H groups in total. The average molecular weight is 247 g/mol. The van der Waals surface area contributed by atoms with Crippen molar-refractivity contribution in [2.75, 3.05) is 5.32 Å². The highest BCUT2D eigenvalue weighted by atomic mass is 16.1. The summed E-state index contributed by atoms with van der Waals surface area (Å²) in [5.74, 6) is 1.18. The molecule has 4 heteroatoms. The minimum Gasteiger partial charge on any atom is -0.366 e. The van der Waals surface area contributed by atoms with Crippen LogP contribution in [0.2, 0.25) is 0 Å². The second-order valence-corrected chi connectivity index (χ2v) is 6.01. The van der Waals surface area contributed by atoms with Crippen LogP contribution in [0.1, 0.15) is 52.1 Å². The average Bonchev–Trinajstić information content (AvgIpc) is 2.32. The Hall–Kier alpha value is -1.45. The van der Waals surface area contributed by atoms with Crippen LogP contribution in [0.5, 0.6) is 0 Å². The summed E-state index contributed by atoms with van der Waals surface area (Å²) in [6, 6.07) is 4.35. The third kappa shape index (κ3) is 3.28. The first-order valence-corrected chi connectivity index (χ1v) is 6.57. The largest absolute Gasteiger partial charge is 0.366 e. The van der Waals surface area contributed by atoms with E-state index in [2.05, 4.69) is 36.3 Å². The summed E-state index contributed by atoms with van der Waals surface area (Å²) in [6.07, 6.45) is 3.18. The van der Waals surface area contributed by atoms with Gasteiger partial charge in [-0.05, 0) is 25.0 Å². The lowest BCUT2D eigenvalue weighted by Crippen LogP contribution is -2.26. The maximum absolute atomic E-state index is 11.2. The maximum Gasteiger partial charge on any atom is 0.148 e. The molecule has 4 nitrogen and oxygen atoms in total. The van der Waals surface area contributed by atoms with Gasteiger partial charge >= 0.3 is 0 Å². The summed E-state index contributed by atoms with van der Waals surface area (Å²) in [4.78, 5) is 11.2. The molecule has 1 aliphatic rings. The van der Waals surface area contributed by atoms with Crippen LogP contribution in [0, 0.1) is 0 Å². The van der Waals surface area contributed by atoms with Crippen LogP contribution in [-0.2, 0) is 10.2 Å². The molecule has 0 amide bonds. The van der Waals surface area contributed by atoms with Crippen molar-refractivity contribution in [3.05, 3.63) is 17.8 Å². The van der Waals surface area contributed by atoms with Gasteiger partial charge in [-0.1, -0.05) is 20.8 Å². The van der Waals surface area contributed by atoms with Crippen molar-refractivity contribution >= 4 is 11.6 Å². The van der Waals surface area contributed by atoms with E-state index in [0.29, 0.717) is 24.7 Å². The Bertz CT molecular complexity index is 410. The third-order valence-corrected chi connectivity index (χ3v) is 3.33. The molecule has 1 saturated carbocycles. The van der Waals surface area contributed by atoms with Crippen molar-refractivity contribution in [1.29, 1.82) is 0 Å². The van der Waals surface area contributed by atoms with Crippen molar-refractivity contribution in [3.63, 3.8) is 0 Å². The number of rotatable bonds is 2. The summed E-state index contributed by atoms with van der Waals surface area (Å²) in [6.45, 7) is 6.37. The Balaban J connectivity index is 1.96. The lowest BCUT2D eigenvalue weighted by Gasteiger charge is -2.23. The lowest BCUT2D eigenvalue weighted by atomic mass is 9.92. The van der Waals surface area contributed by atoms with E-state index in [9.17, 15) is 4.79 Å². The van der Waals surface area contributed by atoms with Gasteiger partial charge in [-0.3, -0.25) is 4.79 Å². The number of Topliss-reactive ketones (excluding diaryl/α,β-unsaturated/α-hetero) is 1. The summed E-state index contributed by atoms with van der Waals surface area (Å²) in [5, 5.41) is 11.8.